The number of carbonyl (C=O) groups is 1. The van der Waals surface area contributed by atoms with Crippen LogP contribution in [0.15, 0.2) is 0 Å². The molecule has 0 aromatic heterocycles. The molecule has 5 heteroatoms. The topological polar surface area (TPSA) is 44.4 Å². The Labute approximate surface area is 136 Å². The van der Waals surface area contributed by atoms with Gasteiger partial charge in [-0.3, -0.25) is 9.69 Å². The van der Waals surface area contributed by atoms with E-state index >= 15 is 0 Å². The van der Waals surface area contributed by atoms with E-state index in [1.807, 2.05) is 0 Å². The highest BCUT2D eigenvalue weighted by atomic mass is 35.5. The molecule has 1 rings (SSSR count). The minimum absolute atomic E-state index is 0. The molecule has 1 heterocycles. The molecule has 1 saturated heterocycles. The lowest BCUT2D eigenvalue weighted by atomic mass is 9.96. The molecule has 0 radical (unpaired) electrons. The third-order valence-corrected chi connectivity index (χ3v) is 4.29. The van der Waals surface area contributed by atoms with Crippen LogP contribution < -0.4 is 10.6 Å². The number of nitrogens with one attached hydrogen (secondary N) is 2. The standard InChI is InChI=1S/C16H33N3O.ClH/c1-5-19(6-2)15(11-13(3)4)12-18-16(20)14-7-9-17-10-8-14;/h13-15,17H,5-12H2,1-4H3,(H,18,20);1H. The predicted octanol–water partition coefficient (Wildman–Crippen LogP) is 2.28. The number of hydrogen-bond donors (Lipinski definition) is 2. The number of halogens is 1. The van der Waals surface area contributed by atoms with Crippen LogP contribution in [0.1, 0.15) is 47.0 Å². The number of rotatable bonds is 8. The third kappa shape index (κ3) is 7.48. The van der Waals surface area contributed by atoms with Gasteiger partial charge in [0, 0.05) is 18.5 Å². The summed E-state index contributed by atoms with van der Waals surface area (Å²) >= 11 is 0. The molecule has 126 valence electrons. The van der Waals surface area contributed by atoms with Gasteiger partial charge in [0.1, 0.15) is 0 Å². The summed E-state index contributed by atoms with van der Waals surface area (Å²) in [5.74, 6) is 1.14. The second kappa shape index (κ2) is 11.3. The Balaban J connectivity index is 0.00000400. The summed E-state index contributed by atoms with van der Waals surface area (Å²) in [5.41, 5.74) is 0. The van der Waals surface area contributed by atoms with Gasteiger partial charge in [0.2, 0.25) is 5.91 Å². The average Bonchev–Trinajstić information content (AvgIpc) is 2.45. The first kappa shape index (κ1) is 20.7. The molecule has 0 aromatic carbocycles. The second-order valence-electron chi connectivity index (χ2n) is 6.27. The Kier molecular flexibility index (Phi) is 11.1. The fraction of sp³-hybridized carbons (Fsp3) is 0.938. The van der Waals surface area contributed by atoms with Crippen molar-refractivity contribution in [3.8, 4) is 0 Å². The Morgan fingerprint density at radius 3 is 2.29 bits per heavy atom. The molecule has 1 unspecified atom stereocenters. The molecule has 1 aliphatic rings. The first-order valence-corrected chi connectivity index (χ1v) is 8.30. The van der Waals surface area contributed by atoms with Gasteiger partial charge < -0.3 is 10.6 Å². The van der Waals surface area contributed by atoms with Crippen LogP contribution in [0.2, 0.25) is 0 Å². The number of likely N-dealkylation sites (N-methyl/N-ethyl adjacent to an activating group) is 1. The highest BCUT2D eigenvalue weighted by Crippen LogP contribution is 2.13. The lowest BCUT2D eigenvalue weighted by Crippen LogP contribution is -2.47. The zero-order valence-electron chi connectivity index (χ0n) is 14.2. The van der Waals surface area contributed by atoms with Crippen LogP contribution in [0, 0.1) is 11.8 Å². The fourth-order valence-corrected chi connectivity index (χ4v) is 3.09. The van der Waals surface area contributed by atoms with Crippen molar-refractivity contribution in [1.82, 2.24) is 15.5 Å². The Hall–Kier alpha value is -0.320. The van der Waals surface area contributed by atoms with Gasteiger partial charge in [0.05, 0.1) is 0 Å². The van der Waals surface area contributed by atoms with E-state index in [0.717, 1.165) is 52.0 Å². The highest BCUT2D eigenvalue weighted by molar-refractivity contribution is 5.85. The maximum Gasteiger partial charge on any atom is 0.223 e. The summed E-state index contributed by atoms with van der Waals surface area (Å²) in [7, 11) is 0. The first-order chi connectivity index (χ1) is 9.58. The molecule has 0 aliphatic carbocycles. The van der Waals surface area contributed by atoms with Crippen molar-refractivity contribution >= 4 is 18.3 Å². The van der Waals surface area contributed by atoms with Crippen LogP contribution in [0.4, 0.5) is 0 Å². The van der Waals surface area contributed by atoms with Crippen molar-refractivity contribution in [3.63, 3.8) is 0 Å². The molecule has 1 amide bonds. The van der Waals surface area contributed by atoms with Crippen molar-refractivity contribution in [3.05, 3.63) is 0 Å². The van der Waals surface area contributed by atoms with E-state index in [4.69, 9.17) is 0 Å². The Bertz CT molecular complexity index is 277. The molecule has 1 fully saturated rings. The third-order valence-electron chi connectivity index (χ3n) is 4.29. The summed E-state index contributed by atoms with van der Waals surface area (Å²) in [5, 5.41) is 6.51. The predicted molar refractivity (Wildman–Crippen MR) is 92.0 cm³/mol. The minimum Gasteiger partial charge on any atom is -0.354 e. The molecule has 1 atom stereocenters. The largest absolute Gasteiger partial charge is 0.354 e. The van der Waals surface area contributed by atoms with Crippen LogP contribution >= 0.6 is 12.4 Å². The van der Waals surface area contributed by atoms with Crippen molar-refractivity contribution in [2.24, 2.45) is 11.8 Å². The summed E-state index contributed by atoms with van der Waals surface area (Å²) in [6.45, 7) is 13.8. The molecule has 21 heavy (non-hydrogen) atoms. The van der Waals surface area contributed by atoms with E-state index in [-0.39, 0.29) is 24.2 Å². The average molecular weight is 320 g/mol. The van der Waals surface area contributed by atoms with Gasteiger partial charge in [-0.2, -0.15) is 0 Å². The van der Waals surface area contributed by atoms with Crippen LogP contribution in [-0.4, -0.2) is 49.6 Å². The summed E-state index contributed by atoms with van der Waals surface area (Å²) < 4.78 is 0. The van der Waals surface area contributed by atoms with Crippen molar-refractivity contribution in [2.45, 2.75) is 53.0 Å². The van der Waals surface area contributed by atoms with Gasteiger partial charge in [-0.25, -0.2) is 0 Å². The van der Waals surface area contributed by atoms with Gasteiger partial charge in [0.15, 0.2) is 0 Å². The van der Waals surface area contributed by atoms with E-state index in [0.29, 0.717) is 12.0 Å². The van der Waals surface area contributed by atoms with Crippen LogP contribution in [0.5, 0.6) is 0 Å². The van der Waals surface area contributed by atoms with E-state index < -0.39 is 0 Å². The highest BCUT2D eigenvalue weighted by Gasteiger charge is 2.23. The molecular weight excluding hydrogens is 286 g/mol. The van der Waals surface area contributed by atoms with E-state index in [9.17, 15) is 4.79 Å². The molecule has 0 saturated carbocycles. The summed E-state index contributed by atoms with van der Waals surface area (Å²) in [6.07, 6.45) is 3.10. The molecule has 0 spiro atoms. The zero-order chi connectivity index (χ0) is 15.0. The van der Waals surface area contributed by atoms with Gasteiger partial charge in [-0.05, 0) is 51.4 Å². The second-order valence-corrected chi connectivity index (χ2v) is 6.27. The lowest BCUT2D eigenvalue weighted by molar-refractivity contribution is -0.126. The Morgan fingerprint density at radius 2 is 1.81 bits per heavy atom. The molecule has 0 bridgehead atoms. The van der Waals surface area contributed by atoms with Gasteiger partial charge in [-0.15, -0.1) is 12.4 Å². The lowest BCUT2D eigenvalue weighted by Gasteiger charge is -2.32. The van der Waals surface area contributed by atoms with Crippen molar-refractivity contribution in [1.29, 1.82) is 0 Å². The Morgan fingerprint density at radius 1 is 1.24 bits per heavy atom. The van der Waals surface area contributed by atoms with Crippen LogP contribution in [-0.2, 0) is 4.79 Å². The monoisotopic (exact) mass is 319 g/mol. The number of carbonyl (C=O) groups excluding carboxylic acids is 1. The number of piperidine rings is 1. The number of amides is 1. The van der Waals surface area contributed by atoms with E-state index in [2.05, 4.69) is 43.2 Å². The maximum absolute atomic E-state index is 12.2. The molecule has 4 nitrogen and oxygen atoms in total. The first-order valence-electron chi connectivity index (χ1n) is 8.30. The van der Waals surface area contributed by atoms with Crippen LogP contribution in [0.3, 0.4) is 0 Å². The maximum atomic E-state index is 12.2. The van der Waals surface area contributed by atoms with Gasteiger partial charge >= 0.3 is 0 Å². The van der Waals surface area contributed by atoms with E-state index in [1.54, 1.807) is 0 Å². The molecule has 2 N–H and O–H groups in total. The van der Waals surface area contributed by atoms with Crippen molar-refractivity contribution < 1.29 is 4.79 Å². The SMILES string of the molecule is CCN(CC)C(CNC(=O)C1CCNCC1)CC(C)C.Cl. The minimum atomic E-state index is 0. The molecule has 1 aliphatic heterocycles. The van der Waals surface area contributed by atoms with Crippen molar-refractivity contribution in [2.75, 3.05) is 32.7 Å². The number of hydrogen-bond acceptors (Lipinski definition) is 3. The summed E-state index contributed by atoms with van der Waals surface area (Å²) in [6, 6.07) is 0.468. The zero-order valence-corrected chi connectivity index (χ0v) is 15.0. The normalized spacial score (nSPS) is 17.6. The molecule has 0 aromatic rings. The fourth-order valence-electron chi connectivity index (χ4n) is 3.09. The number of nitrogens with zero attached hydrogens (tertiary/aromatic N) is 1. The van der Waals surface area contributed by atoms with Gasteiger partial charge in [0.25, 0.3) is 0 Å². The smallest absolute Gasteiger partial charge is 0.223 e. The van der Waals surface area contributed by atoms with Gasteiger partial charge in [-0.1, -0.05) is 27.7 Å². The molecular formula is C16H34ClN3O. The summed E-state index contributed by atoms with van der Waals surface area (Å²) in [4.78, 5) is 14.7. The van der Waals surface area contributed by atoms with Crippen LogP contribution in [0.25, 0.3) is 0 Å². The van der Waals surface area contributed by atoms with E-state index in [1.165, 1.54) is 0 Å². The quantitative estimate of drug-likeness (QED) is 0.721.